The van der Waals surface area contributed by atoms with Gasteiger partial charge in [-0.05, 0) is 25.2 Å². The van der Waals surface area contributed by atoms with Gasteiger partial charge in [-0.1, -0.05) is 24.3 Å². The van der Waals surface area contributed by atoms with Crippen LogP contribution in [-0.2, 0) is 16.5 Å². The fourth-order valence-electron chi connectivity index (χ4n) is 2.34. The van der Waals surface area contributed by atoms with E-state index in [-0.39, 0.29) is 17.5 Å². The summed E-state index contributed by atoms with van der Waals surface area (Å²) in [6, 6.07) is 0.0631. The van der Waals surface area contributed by atoms with Gasteiger partial charge in [0.1, 0.15) is 0 Å². The maximum atomic E-state index is 11.6. The summed E-state index contributed by atoms with van der Waals surface area (Å²) < 4.78 is 25.7. The smallest absolute Gasteiger partial charge is 0.204 e. The Morgan fingerprint density at radius 2 is 2.43 bits per heavy atom. The van der Waals surface area contributed by atoms with Gasteiger partial charge in [0.25, 0.3) is 0 Å². The van der Waals surface area contributed by atoms with E-state index in [1.165, 1.54) is 11.3 Å². The summed E-state index contributed by atoms with van der Waals surface area (Å²) in [7, 11) is -2.88. The molecule has 2 rings (SSSR count). The predicted octanol–water partition coefficient (Wildman–Crippen LogP) is 1.74. The predicted molar refractivity (Wildman–Crippen MR) is 89.1 cm³/mol. The largest absolute Gasteiger partial charge is 0.357 e. The van der Waals surface area contributed by atoms with Crippen LogP contribution in [0.1, 0.15) is 13.3 Å². The lowest BCUT2D eigenvalue weighted by Gasteiger charge is -2.25. The highest BCUT2D eigenvalue weighted by Gasteiger charge is 2.31. The van der Waals surface area contributed by atoms with Gasteiger partial charge in [0.2, 0.25) is 5.13 Å². The summed E-state index contributed by atoms with van der Waals surface area (Å²) in [4.78, 5) is 2.12. The second-order valence-electron chi connectivity index (χ2n) is 4.95. The highest BCUT2D eigenvalue weighted by Crippen LogP contribution is 2.20. The molecule has 1 aromatic rings. The van der Waals surface area contributed by atoms with Crippen LogP contribution in [-0.4, -0.2) is 53.7 Å². The van der Waals surface area contributed by atoms with Crippen molar-refractivity contribution in [3.8, 4) is 0 Å². The highest BCUT2D eigenvalue weighted by molar-refractivity contribution is 7.91. The van der Waals surface area contributed by atoms with Gasteiger partial charge in [0.15, 0.2) is 13.8 Å². The van der Waals surface area contributed by atoms with Crippen molar-refractivity contribution in [2.24, 2.45) is 0 Å². The molecule has 9 heteroatoms. The van der Waals surface area contributed by atoms with E-state index in [4.69, 9.17) is 12.2 Å². The molecule has 1 aliphatic heterocycles. The van der Waals surface area contributed by atoms with Crippen molar-refractivity contribution < 1.29 is 8.42 Å². The summed E-state index contributed by atoms with van der Waals surface area (Å²) in [5, 5.41) is 8.30. The Morgan fingerprint density at radius 3 is 3.00 bits per heavy atom. The molecule has 118 valence electrons. The maximum Gasteiger partial charge on any atom is 0.204 e. The topological polar surface area (TPSA) is 67.2 Å². The number of hydrogen-bond donors (Lipinski definition) is 1. The van der Waals surface area contributed by atoms with Crippen LogP contribution < -0.4 is 5.32 Å². The Morgan fingerprint density at radius 1 is 1.67 bits per heavy atom. The number of rotatable bonds is 7. The molecular formula is C12H20N4O2S3. The first-order valence-corrected chi connectivity index (χ1v) is 9.87. The van der Waals surface area contributed by atoms with Gasteiger partial charge in [-0.2, -0.15) is 0 Å². The third-order valence-electron chi connectivity index (χ3n) is 3.45. The van der Waals surface area contributed by atoms with E-state index in [0.29, 0.717) is 23.6 Å². The molecule has 0 radical (unpaired) electrons. The van der Waals surface area contributed by atoms with Crippen LogP contribution in [0.15, 0.2) is 12.7 Å². The lowest BCUT2D eigenvalue weighted by molar-refractivity contribution is 0.165. The summed E-state index contributed by atoms with van der Waals surface area (Å²) in [6.45, 7) is 7.62. The second kappa shape index (κ2) is 6.99. The molecule has 1 atom stereocenters. The van der Waals surface area contributed by atoms with E-state index in [1.54, 1.807) is 10.8 Å². The minimum Gasteiger partial charge on any atom is -0.357 e. The molecule has 1 fully saturated rings. The van der Waals surface area contributed by atoms with Crippen molar-refractivity contribution in [1.82, 2.24) is 14.7 Å². The standard InChI is InChI=1S/C12H20N4O2S3/c1-3-6-13-11-14-16(12(19)20-11)9-15(4-2)10-5-7-21(17,18)8-10/h3,10H,1,4-9H2,2H3,(H,13,14)/t10-/m0/s1. The average molecular weight is 349 g/mol. The van der Waals surface area contributed by atoms with Crippen LogP contribution in [0, 0.1) is 3.95 Å². The van der Waals surface area contributed by atoms with Crippen LogP contribution in [0.4, 0.5) is 5.13 Å². The van der Waals surface area contributed by atoms with Crippen molar-refractivity contribution in [3.05, 3.63) is 16.6 Å². The van der Waals surface area contributed by atoms with Crippen molar-refractivity contribution in [2.45, 2.75) is 26.1 Å². The Labute approximate surface area is 134 Å². The maximum absolute atomic E-state index is 11.6. The summed E-state index contributed by atoms with van der Waals surface area (Å²) in [5.41, 5.74) is 0. The highest BCUT2D eigenvalue weighted by atomic mass is 32.2. The SMILES string of the molecule is C=CCNc1nn(CN(CC)[C@H]2CCS(=O)(=O)C2)c(=S)s1. The van der Waals surface area contributed by atoms with E-state index < -0.39 is 9.84 Å². The number of anilines is 1. The Hall–Kier alpha value is -0.770. The molecule has 6 nitrogen and oxygen atoms in total. The number of nitrogens with zero attached hydrogens (tertiary/aromatic N) is 3. The zero-order valence-electron chi connectivity index (χ0n) is 12.0. The first-order valence-electron chi connectivity index (χ1n) is 6.82. The van der Waals surface area contributed by atoms with E-state index in [9.17, 15) is 8.42 Å². The molecule has 0 aliphatic carbocycles. The van der Waals surface area contributed by atoms with Gasteiger partial charge >= 0.3 is 0 Å². The first-order chi connectivity index (χ1) is 9.95. The Kier molecular flexibility index (Phi) is 5.53. The number of aromatic nitrogens is 2. The summed E-state index contributed by atoms with van der Waals surface area (Å²) in [5.74, 6) is 0.517. The van der Waals surface area contributed by atoms with Gasteiger partial charge in [-0.3, -0.25) is 4.90 Å². The van der Waals surface area contributed by atoms with Gasteiger partial charge in [0, 0.05) is 12.6 Å². The lowest BCUT2D eigenvalue weighted by Crippen LogP contribution is -2.37. The lowest BCUT2D eigenvalue weighted by atomic mass is 10.2. The molecule has 2 heterocycles. The molecule has 0 spiro atoms. The molecule has 1 N–H and O–H groups in total. The number of sulfone groups is 1. The molecule has 1 aromatic heterocycles. The summed E-state index contributed by atoms with van der Waals surface area (Å²) in [6.07, 6.45) is 2.45. The molecule has 1 saturated heterocycles. The average Bonchev–Trinajstić information content (AvgIpc) is 2.96. The third-order valence-corrected chi connectivity index (χ3v) is 6.47. The van der Waals surface area contributed by atoms with Crippen molar-refractivity contribution >= 4 is 38.5 Å². The van der Waals surface area contributed by atoms with Crippen LogP contribution >= 0.6 is 23.6 Å². The van der Waals surface area contributed by atoms with E-state index >= 15 is 0 Å². The zero-order chi connectivity index (χ0) is 15.5. The zero-order valence-corrected chi connectivity index (χ0v) is 14.4. The fraction of sp³-hybridized carbons (Fsp3) is 0.667. The van der Waals surface area contributed by atoms with E-state index in [2.05, 4.69) is 21.9 Å². The molecule has 0 amide bonds. The van der Waals surface area contributed by atoms with Crippen LogP contribution in [0.2, 0.25) is 0 Å². The summed E-state index contributed by atoms with van der Waals surface area (Å²) >= 11 is 6.73. The Balaban J connectivity index is 2.07. The van der Waals surface area contributed by atoms with Gasteiger partial charge in [-0.25, -0.2) is 13.1 Å². The Bertz CT molecular complexity index is 650. The van der Waals surface area contributed by atoms with Gasteiger partial charge in [-0.15, -0.1) is 11.7 Å². The molecule has 0 saturated carbocycles. The van der Waals surface area contributed by atoms with Crippen molar-refractivity contribution in [1.29, 1.82) is 0 Å². The van der Waals surface area contributed by atoms with Crippen LogP contribution in [0.25, 0.3) is 0 Å². The molecule has 0 bridgehead atoms. The quantitative estimate of drug-likeness (QED) is 0.598. The van der Waals surface area contributed by atoms with Crippen molar-refractivity contribution in [3.63, 3.8) is 0 Å². The monoisotopic (exact) mass is 348 g/mol. The van der Waals surface area contributed by atoms with Gasteiger partial charge < -0.3 is 5.32 Å². The van der Waals surface area contributed by atoms with Gasteiger partial charge in [0.05, 0.1) is 18.2 Å². The van der Waals surface area contributed by atoms with E-state index in [0.717, 1.165) is 11.7 Å². The van der Waals surface area contributed by atoms with E-state index in [1.807, 2.05) is 6.92 Å². The minimum absolute atomic E-state index is 0.0631. The van der Waals surface area contributed by atoms with Crippen LogP contribution in [0.3, 0.4) is 0 Å². The van der Waals surface area contributed by atoms with Crippen LogP contribution in [0.5, 0.6) is 0 Å². The first kappa shape index (κ1) is 16.6. The normalized spacial score (nSPS) is 20.8. The second-order valence-corrected chi connectivity index (χ2v) is 8.80. The molecule has 21 heavy (non-hydrogen) atoms. The number of hydrogen-bond acceptors (Lipinski definition) is 7. The molecule has 0 unspecified atom stereocenters. The number of nitrogens with one attached hydrogen (secondary N) is 1. The minimum atomic E-state index is -2.88. The molecule has 1 aliphatic rings. The van der Waals surface area contributed by atoms with Crippen molar-refractivity contribution in [2.75, 3.05) is 29.9 Å². The molecule has 0 aromatic carbocycles. The fourth-order valence-corrected chi connectivity index (χ4v) is 5.10. The third kappa shape index (κ3) is 4.35. The molecular weight excluding hydrogens is 328 g/mol.